The van der Waals surface area contributed by atoms with Gasteiger partial charge in [0.2, 0.25) is 5.91 Å². The lowest BCUT2D eigenvalue weighted by Crippen LogP contribution is -2.35. The summed E-state index contributed by atoms with van der Waals surface area (Å²) in [6.45, 7) is 1.50. The molecule has 0 bridgehead atoms. The summed E-state index contributed by atoms with van der Waals surface area (Å²) in [6.07, 6.45) is 2.76. The molecular weight excluding hydrogens is 228 g/mol. The fourth-order valence-electron chi connectivity index (χ4n) is 2.21. The predicted octanol–water partition coefficient (Wildman–Crippen LogP) is 1.45. The van der Waals surface area contributed by atoms with E-state index in [9.17, 15) is 4.79 Å². The molecule has 1 aromatic carbocycles. The van der Waals surface area contributed by atoms with E-state index in [4.69, 9.17) is 10.5 Å². The number of nitrogens with two attached hydrogens (primary N) is 1. The molecule has 1 aliphatic rings. The molecule has 1 fully saturated rings. The highest BCUT2D eigenvalue weighted by Gasteiger charge is 2.20. The van der Waals surface area contributed by atoms with Crippen molar-refractivity contribution in [3.8, 4) is 0 Å². The van der Waals surface area contributed by atoms with Gasteiger partial charge in [-0.1, -0.05) is 12.1 Å². The lowest BCUT2D eigenvalue weighted by Gasteiger charge is -2.20. The van der Waals surface area contributed by atoms with Crippen molar-refractivity contribution >= 4 is 11.6 Å². The maximum atomic E-state index is 12.0. The van der Waals surface area contributed by atoms with Crippen LogP contribution in [0.4, 0.5) is 5.69 Å². The lowest BCUT2D eigenvalue weighted by molar-refractivity contribution is -0.130. The molecule has 0 spiro atoms. The number of hydrogen-bond donors (Lipinski definition) is 1. The third kappa shape index (κ3) is 3.47. The molecule has 4 heteroatoms. The van der Waals surface area contributed by atoms with Gasteiger partial charge in [0.15, 0.2) is 0 Å². The Morgan fingerprint density at radius 1 is 1.56 bits per heavy atom. The van der Waals surface area contributed by atoms with Gasteiger partial charge in [0.1, 0.15) is 0 Å². The average Bonchev–Trinajstić information content (AvgIpc) is 2.81. The number of amides is 1. The largest absolute Gasteiger partial charge is 0.399 e. The second kappa shape index (κ2) is 5.87. The van der Waals surface area contributed by atoms with Gasteiger partial charge in [-0.2, -0.15) is 0 Å². The summed E-state index contributed by atoms with van der Waals surface area (Å²) in [5.41, 5.74) is 7.35. The van der Waals surface area contributed by atoms with Crippen LogP contribution in [0, 0.1) is 0 Å². The highest BCUT2D eigenvalue weighted by atomic mass is 16.5. The monoisotopic (exact) mass is 248 g/mol. The fraction of sp³-hybridized carbons (Fsp3) is 0.500. The van der Waals surface area contributed by atoms with E-state index in [2.05, 4.69) is 0 Å². The van der Waals surface area contributed by atoms with Crippen LogP contribution in [0.25, 0.3) is 0 Å². The number of rotatable bonds is 4. The van der Waals surface area contributed by atoms with Gasteiger partial charge in [-0.3, -0.25) is 4.79 Å². The molecular formula is C14H20N2O2. The number of nitrogens with zero attached hydrogens (tertiary/aromatic N) is 1. The van der Waals surface area contributed by atoms with Crippen LogP contribution in [0.1, 0.15) is 18.4 Å². The molecule has 1 saturated heterocycles. The molecule has 2 N–H and O–H groups in total. The van der Waals surface area contributed by atoms with Gasteiger partial charge in [0.25, 0.3) is 0 Å². The summed E-state index contributed by atoms with van der Waals surface area (Å²) in [6, 6.07) is 7.47. The maximum absolute atomic E-state index is 12.0. The molecule has 4 nitrogen and oxygen atoms in total. The standard InChI is InChI=1S/C14H20N2O2/c1-16(10-13-6-3-7-18-13)14(17)9-11-4-2-5-12(15)8-11/h2,4-5,8,13H,3,6-7,9-10,15H2,1H3. The summed E-state index contributed by atoms with van der Waals surface area (Å²) in [4.78, 5) is 13.8. The van der Waals surface area contributed by atoms with Crippen molar-refractivity contribution in [3.63, 3.8) is 0 Å². The van der Waals surface area contributed by atoms with Crippen molar-refractivity contribution < 1.29 is 9.53 Å². The second-order valence-corrected chi connectivity index (χ2v) is 4.83. The van der Waals surface area contributed by atoms with Gasteiger partial charge < -0.3 is 15.4 Å². The van der Waals surface area contributed by atoms with Crippen molar-refractivity contribution in [2.24, 2.45) is 0 Å². The van der Waals surface area contributed by atoms with Crippen molar-refractivity contribution in [2.45, 2.75) is 25.4 Å². The Morgan fingerprint density at radius 2 is 2.39 bits per heavy atom. The van der Waals surface area contributed by atoms with Crippen LogP contribution in [0.3, 0.4) is 0 Å². The summed E-state index contributed by atoms with van der Waals surface area (Å²) in [5, 5.41) is 0. The lowest BCUT2D eigenvalue weighted by atomic mass is 10.1. The highest BCUT2D eigenvalue weighted by Crippen LogP contribution is 2.14. The Labute approximate surface area is 108 Å². The number of benzene rings is 1. The SMILES string of the molecule is CN(CC1CCCO1)C(=O)Cc1cccc(N)c1. The molecule has 1 aromatic rings. The minimum atomic E-state index is 0.108. The van der Waals surface area contributed by atoms with Crippen LogP contribution in [0.2, 0.25) is 0 Å². The predicted molar refractivity (Wildman–Crippen MR) is 71.2 cm³/mol. The molecule has 1 atom stereocenters. The first-order chi connectivity index (χ1) is 8.65. The highest BCUT2D eigenvalue weighted by molar-refractivity contribution is 5.78. The average molecular weight is 248 g/mol. The smallest absolute Gasteiger partial charge is 0.226 e. The molecule has 2 rings (SSSR count). The number of anilines is 1. The Bertz CT molecular complexity index is 414. The zero-order valence-electron chi connectivity index (χ0n) is 10.8. The molecule has 0 aromatic heterocycles. The van der Waals surface area contributed by atoms with E-state index < -0.39 is 0 Å². The van der Waals surface area contributed by atoms with Crippen LogP contribution in [0.15, 0.2) is 24.3 Å². The topological polar surface area (TPSA) is 55.6 Å². The van der Waals surface area contributed by atoms with Crippen molar-refractivity contribution in [2.75, 3.05) is 25.9 Å². The van der Waals surface area contributed by atoms with Gasteiger partial charge in [0, 0.05) is 25.9 Å². The van der Waals surface area contributed by atoms with Gasteiger partial charge in [-0.05, 0) is 30.5 Å². The molecule has 1 amide bonds. The summed E-state index contributed by atoms with van der Waals surface area (Å²) < 4.78 is 5.53. The quantitative estimate of drug-likeness (QED) is 0.820. The zero-order chi connectivity index (χ0) is 13.0. The van der Waals surface area contributed by atoms with E-state index in [1.807, 2.05) is 31.3 Å². The third-order valence-corrected chi connectivity index (χ3v) is 3.23. The van der Waals surface area contributed by atoms with Gasteiger partial charge >= 0.3 is 0 Å². The number of ether oxygens (including phenoxy) is 1. The summed E-state index contributed by atoms with van der Waals surface area (Å²) >= 11 is 0. The second-order valence-electron chi connectivity index (χ2n) is 4.83. The number of hydrogen-bond acceptors (Lipinski definition) is 3. The molecule has 1 aliphatic heterocycles. The van der Waals surface area contributed by atoms with E-state index >= 15 is 0 Å². The molecule has 18 heavy (non-hydrogen) atoms. The number of carbonyl (C=O) groups excluding carboxylic acids is 1. The van der Waals surface area contributed by atoms with Crippen molar-refractivity contribution in [3.05, 3.63) is 29.8 Å². The van der Waals surface area contributed by atoms with Crippen molar-refractivity contribution in [1.29, 1.82) is 0 Å². The fourth-order valence-corrected chi connectivity index (χ4v) is 2.21. The molecule has 1 heterocycles. The number of nitrogen functional groups attached to an aromatic ring is 1. The van der Waals surface area contributed by atoms with Gasteiger partial charge in [-0.25, -0.2) is 0 Å². The first kappa shape index (κ1) is 12.9. The molecule has 0 saturated carbocycles. The van der Waals surface area contributed by atoms with Crippen LogP contribution < -0.4 is 5.73 Å². The molecule has 98 valence electrons. The van der Waals surface area contributed by atoms with E-state index in [0.717, 1.165) is 25.0 Å². The summed E-state index contributed by atoms with van der Waals surface area (Å²) in [7, 11) is 1.83. The Kier molecular flexibility index (Phi) is 4.20. The van der Waals surface area contributed by atoms with Crippen LogP contribution in [-0.2, 0) is 16.0 Å². The molecule has 0 aliphatic carbocycles. The van der Waals surface area contributed by atoms with Gasteiger partial charge in [-0.15, -0.1) is 0 Å². The van der Waals surface area contributed by atoms with Crippen LogP contribution in [0.5, 0.6) is 0 Å². The Balaban J connectivity index is 1.86. The number of likely N-dealkylation sites (N-methyl/N-ethyl adjacent to an activating group) is 1. The third-order valence-electron chi connectivity index (χ3n) is 3.23. The molecule has 1 unspecified atom stereocenters. The summed E-state index contributed by atoms with van der Waals surface area (Å²) in [5.74, 6) is 0.108. The maximum Gasteiger partial charge on any atom is 0.226 e. The molecule has 0 radical (unpaired) electrons. The van der Waals surface area contributed by atoms with E-state index in [-0.39, 0.29) is 12.0 Å². The Morgan fingerprint density at radius 3 is 3.06 bits per heavy atom. The Hall–Kier alpha value is -1.55. The van der Waals surface area contributed by atoms with E-state index in [0.29, 0.717) is 18.7 Å². The van der Waals surface area contributed by atoms with Gasteiger partial charge in [0.05, 0.1) is 12.5 Å². The minimum absolute atomic E-state index is 0.108. The van der Waals surface area contributed by atoms with E-state index in [1.54, 1.807) is 4.90 Å². The minimum Gasteiger partial charge on any atom is -0.399 e. The van der Waals surface area contributed by atoms with Crippen molar-refractivity contribution in [1.82, 2.24) is 4.90 Å². The van der Waals surface area contributed by atoms with Crippen LogP contribution >= 0.6 is 0 Å². The first-order valence-corrected chi connectivity index (χ1v) is 6.35. The number of carbonyl (C=O) groups is 1. The van der Waals surface area contributed by atoms with E-state index in [1.165, 1.54) is 0 Å². The van der Waals surface area contributed by atoms with Crippen LogP contribution in [-0.4, -0.2) is 37.1 Å². The zero-order valence-corrected chi connectivity index (χ0v) is 10.8. The normalized spacial score (nSPS) is 18.8. The first-order valence-electron chi connectivity index (χ1n) is 6.35.